The lowest BCUT2D eigenvalue weighted by molar-refractivity contribution is -0.137. The van der Waals surface area contributed by atoms with Gasteiger partial charge in [-0.1, -0.05) is 18.2 Å². The molecule has 0 amide bonds. The summed E-state index contributed by atoms with van der Waals surface area (Å²) in [5, 5.41) is 0. The molecule has 80 valence electrons. The highest BCUT2D eigenvalue weighted by Crippen LogP contribution is 2.06. The largest absolute Gasteiger partial charge is 0.460 e. The van der Waals surface area contributed by atoms with Gasteiger partial charge in [0, 0.05) is 12.1 Å². The van der Waals surface area contributed by atoms with Crippen LogP contribution in [-0.4, -0.2) is 18.4 Å². The number of Topliss-reactive ketones (excluding diaryl/α,β-unsaturated/α-hetero) is 1. The molecule has 0 atom stereocenters. The first-order valence-corrected chi connectivity index (χ1v) is 4.69. The van der Waals surface area contributed by atoms with Crippen LogP contribution in [0.3, 0.4) is 0 Å². The third-order valence-electron chi connectivity index (χ3n) is 1.89. The topological polar surface area (TPSA) is 69.4 Å². The van der Waals surface area contributed by atoms with Crippen LogP contribution in [0.5, 0.6) is 0 Å². The lowest BCUT2D eigenvalue weighted by atomic mass is 10.1. The minimum absolute atomic E-state index is 0.196. The van der Waals surface area contributed by atoms with E-state index in [1.807, 2.05) is 0 Å². The molecule has 0 aromatic heterocycles. The number of hydrogen-bond donors (Lipinski definition) is 1. The van der Waals surface area contributed by atoms with Crippen molar-refractivity contribution in [1.29, 1.82) is 0 Å². The number of nitrogens with two attached hydrogens (primary N) is 1. The first-order chi connectivity index (χ1) is 7.19. The summed E-state index contributed by atoms with van der Waals surface area (Å²) < 4.78 is 4.61. The van der Waals surface area contributed by atoms with E-state index in [9.17, 15) is 9.59 Å². The Balaban J connectivity index is 2.86. The zero-order valence-corrected chi connectivity index (χ0v) is 8.53. The van der Waals surface area contributed by atoms with E-state index in [1.165, 1.54) is 0 Å². The number of ether oxygens (including phenoxy) is 1. The van der Waals surface area contributed by atoms with Crippen molar-refractivity contribution in [2.24, 2.45) is 5.73 Å². The molecule has 0 aliphatic rings. The van der Waals surface area contributed by atoms with E-state index in [0.29, 0.717) is 12.1 Å². The van der Waals surface area contributed by atoms with E-state index < -0.39 is 11.8 Å². The Bertz CT molecular complexity index is 374. The summed E-state index contributed by atoms with van der Waals surface area (Å²) in [7, 11) is 0. The molecule has 1 aromatic rings. The maximum Gasteiger partial charge on any atom is 0.379 e. The Kier molecular flexibility index (Phi) is 4.00. The summed E-state index contributed by atoms with van der Waals surface area (Å²) >= 11 is 0. The number of carbonyl (C=O) groups excluding carboxylic acids is 2. The number of esters is 1. The van der Waals surface area contributed by atoms with Gasteiger partial charge >= 0.3 is 5.97 Å². The third-order valence-corrected chi connectivity index (χ3v) is 1.89. The van der Waals surface area contributed by atoms with Gasteiger partial charge in [0.1, 0.15) is 0 Å². The van der Waals surface area contributed by atoms with Gasteiger partial charge in [-0.3, -0.25) is 4.79 Å². The monoisotopic (exact) mass is 207 g/mol. The first kappa shape index (κ1) is 11.4. The molecule has 0 saturated heterocycles. The maximum absolute atomic E-state index is 11.5. The van der Waals surface area contributed by atoms with Crippen molar-refractivity contribution in [2.75, 3.05) is 6.61 Å². The fraction of sp³-hybridized carbons (Fsp3) is 0.273. The van der Waals surface area contributed by atoms with Crippen LogP contribution < -0.4 is 5.73 Å². The van der Waals surface area contributed by atoms with Gasteiger partial charge in [-0.15, -0.1) is 0 Å². The molecule has 1 aromatic carbocycles. The minimum Gasteiger partial charge on any atom is -0.460 e. The Labute approximate surface area is 88.0 Å². The Morgan fingerprint density at radius 2 is 2.13 bits per heavy atom. The van der Waals surface area contributed by atoms with Crippen LogP contribution in [-0.2, 0) is 16.1 Å². The first-order valence-electron chi connectivity index (χ1n) is 4.69. The van der Waals surface area contributed by atoms with Gasteiger partial charge in [0.2, 0.25) is 0 Å². The standard InChI is InChI=1S/C11H13NO3/c1-2-15-11(14)10(13)9-5-3-4-8(6-9)7-12/h3-6H,2,7,12H2,1H3. The van der Waals surface area contributed by atoms with E-state index in [1.54, 1.807) is 31.2 Å². The van der Waals surface area contributed by atoms with Gasteiger partial charge in [-0.25, -0.2) is 4.79 Å². The smallest absolute Gasteiger partial charge is 0.379 e. The molecule has 15 heavy (non-hydrogen) atoms. The van der Waals surface area contributed by atoms with Crippen LogP contribution in [0.15, 0.2) is 24.3 Å². The van der Waals surface area contributed by atoms with Gasteiger partial charge in [0.15, 0.2) is 0 Å². The summed E-state index contributed by atoms with van der Waals surface area (Å²) in [6, 6.07) is 6.65. The predicted octanol–water partition coefficient (Wildman–Crippen LogP) is 0.891. The van der Waals surface area contributed by atoms with E-state index in [4.69, 9.17) is 5.73 Å². The number of rotatable bonds is 4. The minimum atomic E-state index is -0.827. The van der Waals surface area contributed by atoms with Crippen molar-refractivity contribution >= 4 is 11.8 Å². The van der Waals surface area contributed by atoms with Gasteiger partial charge < -0.3 is 10.5 Å². The SMILES string of the molecule is CCOC(=O)C(=O)c1cccc(CN)c1. The van der Waals surface area contributed by atoms with E-state index >= 15 is 0 Å². The molecule has 0 spiro atoms. The molecule has 1 rings (SSSR count). The summed E-state index contributed by atoms with van der Waals surface area (Å²) in [4.78, 5) is 22.6. The van der Waals surface area contributed by atoms with Crippen molar-refractivity contribution < 1.29 is 14.3 Å². The molecule has 0 bridgehead atoms. The molecule has 0 unspecified atom stereocenters. The highest BCUT2D eigenvalue weighted by atomic mass is 16.5. The van der Waals surface area contributed by atoms with Gasteiger partial charge in [-0.2, -0.15) is 0 Å². The molecule has 0 aliphatic carbocycles. The molecule has 0 aliphatic heterocycles. The summed E-state index contributed by atoms with van der Waals surface area (Å²) in [5.74, 6) is -1.46. The van der Waals surface area contributed by atoms with Crippen LogP contribution in [0.4, 0.5) is 0 Å². The lowest BCUT2D eigenvalue weighted by Crippen LogP contribution is -2.17. The average molecular weight is 207 g/mol. The maximum atomic E-state index is 11.5. The van der Waals surface area contributed by atoms with Crippen molar-refractivity contribution in [3.05, 3.63) is 35.4 Å². The van der Waals surface area contributed by atoms with Crippen molar-refractivity contribution in [3.63, 3.8) is 0 Å². The fourth-order valence-corrected chi connectivity index (χ4v) is 1.15. The summed E-state index contributed by atoms with van der Waals surface area (Å²) in [5.41, 5.74) is 6.55. The molecule has 0 fully saturated rings. The highest BCUT2D eigenvalue weighted by Gasteiger charge is 2.17. The molecule has 0 saturated carbocycles. The van der Waals surface area contributed by atoms with E-state index in [0.717, 1.165) is 5.56 Å². The van der Waals surface area contributed by atoms with E-state index in [2.05, 4.69) is 4.74 Å². The van der Waals surface area contributed by atoms with Crippen LogP contribution in [0.1, 0.15) is 22.8 Å². The highest BCUT2D eigenvalue weighted by molar-refractivity contribution is 6.40. The van der Waals surface area contributed by atoms with E-state index in [-0.39, 0.29) is 6.61 Å². The van der Waals surface area contributed by atoms with Crippen molar-refractivity contribution in [1.82, 2.24) is 0 Å². The molecular formula is C11H13NO3. The van der Waals surface area contributed by atoms with Crippen LogP contribution in [0.25, 0.3) is 0 Å². The third kappa shape index (κ3) is 2.89. The molecule has 4 heteroatoms. The second-order valence-corrected chi connectivity index (χ2v) is 2.95. The Morgan fingerprint density at radius 3 is 2.73 bits per heavy atom. The van der Waals surface area contributed by atoms with Gasteiger partial charge in [-0.05, 0) is 18.6 Å². The zero-order chi connectivity index (χ0) is 11.3. The molecule has 0 radical (unpaired) electrons. The molecule has 2 N–H and O–H groups in total. The van der Waals surface area contributed by atoms with Crippen LogP contribution in [0, 0.1) is 0 Å². The zero-order valence-electron chi connectivity index (χ0n) is 8.53. The van der Waals surface area contributed by atoms with Crippen LogP contribution in [0.2, 0.25) is 0 Å². The van der Waals surface area contributed by atoms with Gasteiger partial charge in [0.05, 0.1) is 6.61 Å². The molecule has 0 heterocycles. The quantitative estimate of drug-likeness (QED) is 0.452. The number of carbonyl (C=O) groups is 2. The predicted molar refractivity (Wildman–Crippen MR) is 55.3 cm³/mol. The lowest BCUT2D eigenvalue weighted by Gasteiger charge is -2.02. The normalized spacial score (nSPS) is 9.73. The Hall–Kier alpha value is -1.68. The molecule has 4 nitrogen and oxygen atoms in total. The number of hydrogen-bond acceptors (Lipinski definition) is 4. The second-order valence-electron chi connectivity index (χ2n) is 2.95. The Morgan fingerprint density at radius 1 is 1.40 bits per heavy atom. The average Bonchev–Trinajstić information content (AvgIpc) is 2.28. The van der Waals surface area contributed by atoms with Crippen molar-refractivity contribution in [3.8, 4) is 0 Å². The molecular weight excluding hydrogens is 194 g/mol. The number of benzene rings is 1. The van der Waals surface area contributed by atoms with Crippen LogP contribution >= 0.6 is 0 Å². The number of ketones is 1. The fourth-order valence-electron chi connectivity index (χ4n) is 1.15. The summed E-state index contributed by atoms with van der Waals surface area (Å²) in [6.45, 7) is 2.19. The second kappa shape index (κ2) is 5.26. The van der Waals surface area contributed by atoms with Crippen molar-refractivity contribution in [2.45, 2.75) is 13.5 Å². The van der Waals surface area contributed by atoms with Gasteiger partial charge in [0.25, 0.3) is 5.78 Å². The summed E-state index contributed by atoms with van der Waals surface area (Å²) in [6.07, 6.45) is 0.